The Morgan fingerprint density at radius 1 is 1.19 bits per heavy atom. The van der Waals surface area contributed by atoms with Crippen LogP contribution in [0.1, 0.15) is 18.4 Å². The predicted molar refractivity (Wildman–Crippen MR) is 103 cm³/mol. The van der Waals surface area contributed by atoms with E-state index in [1.165, 1.54) is 0 Å². The van der Waals surface area contributed by atoms with E-state index in [-0.39, 0.29) is 29.9 Å². The maximum absolute atomic E-state index is 13.0. The van der Waals surface area contributed by atoms with E-state index in [0.29, 0.717) is 26.0 Å². The smallest absolute Gasteiger partial charge is 0.227 e. The normalized spacial score (nSPS) is 18.9. The standard InChI is InChI=1S/C20H25NO4S/c1-25-12-5-11-21(18-10-13-26(23,24)15-18)20(22)14-17-8-4-7-16-6-2-3-9-19(16)17/h2-4,6-9,18H,5,10-15H2,1H3. The van der Waals surface area contributed by atoms with Crippen molar-refractivity contribution in [2.45, 2.75) is 25.3 Å². The molecule has 2 aromatic rings. The number of methoxy groups -OCH3 is 1. The number of hydrogen-bond acceptors (Lipinski definition) is 4. The Hall–Kier alpha value is -1.92. The molecule has 1 unspecified atom stereocenters. The molecule has 5 nitrogen and oxygen atoms in total. The molecule has 0 saturated carbocycles. The summed E-state index contributed by atoms with van der Waals surface area (Å²) in [6.07, 6.45) is 1.51. The molecule has 0 aromatic heterocycles. The first-order chi connectivity index (χ1) is 12.5. The molecule has 0 radical (unpaired) electrons. The van der Waals surface area contributed by atoms with E-state index < -0.39 is 9.84 Å². The fourth-order valence-electron chi connectivity index (χ4n) is 3.62. The number of nitrogens with zero attached hydrogens (tertiary/aromatic N) is 1. The van der Waals surface area contributed by atoms with Crippen molar-refractivity contribution in [3.63, 3.8) is 0 Å². The Morgan fingerprint density at radius 3 is 2.69 bits per heavy atom. The van der Waals surface area contributed by atoms with Crippen LogP contribution >= 0.6 is 0 Å². The van der Waals surface area contributed by atoms with E-state index in [4.69, 9.17) is 4.74 Å². The predicted octanol–water partition coefficient (Wildman–Crippen LogP) is 2.43. The zero-order chi connectivity index (χ0) is 18.6. The maximum atomic E-state index is 13.0. The van der Waals surface area contributed by atoms with Crippen LogP contribution in [0.5, 0.6) is 0 Å². The van der Waals surface area contributed by atoms with Crippen LogP contribution < -0.4 is 0 Å². The van der Waals surface area contributed by atoms with E-state index in [0.717, 1.165) is 16.3 Å². The van der Waals surface area contributed by atoms with Crippen LogP contribution in [-0.4, -0.2) is 57.0 Å². The first-order valence-corrected chi connectivity index (χ1v) is 10.8. The molecule has 140 valence electrons. The highest BCUT2D eigenvalue weighted by Crippen LogP contribution is 2.22. The maximum Gasteiger partial charge on any atom is 0.227 e. The number of ether oxygens (including phenoxy) is 1. The van der Waals surface area contributed by atoms with Crippen LogP contribution in [0.25, 0.3) is 10.8 Å². The van der Waals surface area contributed by atoms with Gasteiger partial charge in [0.1, 0.15) is 0 Å². The molecule has 2 aromatic carbocycles. The highest BCUT2D eigenvalue weighted by molar-refractivity contribution is 7.91. The van der Waals surface area contributed by atoms with Crippen molar-refractivity contribution >= 4 is 26.5 Å². The number of rotatable bonds is 7. The van der Waals surface area contributed by atoms with Gasteiger partial charge >= 0.3 is 0 Å². The number of carbonyl (C=O) groups is 1. The van der Waals surface area contributed by atoms with Gasteiger partial charge in [-0.25, -0.2) is 8.42 Å². The van der Waals surface area contributed by atoms with Gasteiger partial charge in [-0.3, -0.25) is 4.79 Å². The van der Waals surface area contributed by atoms with E-state index in [2.05, 4.69) is 0 Å². The van der Waals surface area contributed by atoms with E-state index in [1.807, 2.05) is 42.5 Å². The van der Waals surface area contributed by atoms with Crippen LogP contribution in [0.3, 0.4) is 0 Å². The van der Waals surface area contributed by atoms with Gasteiger partial charge in [-0.1, -0.05) is 42.5 Å². The van der Waals surface area contributed by atoms with Gasteiger partial charge in [-0.15, -0.1) is 0 Å². The van der Waals surface area contributed by atoms with Crippen molar-refractivity contribution in [2.24, 2.45) is 0 Å². The second kappa shape index (κ2) is 8.18. The second-order valence-corrected chi connectivity index (χ2v) is 9.03. The Balaban J connectivity index is 1.80. The minimum absolute atomic E-state index is 0.0143. The number of amides is 1. The third-order valence-corrected chi connectivity index (χ3v) is 6.69. The summed E-state index contributed by atoms with van der Waals surface area (Å²) in [6, 6.07) is 13.7. The number of carbonyl (C=O) groups excluding carboxylic acids is 1. The van der Waals surface area contributed by atoms with E-state index in [1.54, 1.807) is 12.0 Å². The molecule has 1 amide bonds. The van der Waals surface area contributed by atoms with Crippen LogP contribution in [0.4, 0.5) is 0 Å². The molecule has 0 aliphatic carbocycles. The summed E-state index contributed by atoms with van der Waals surface area (Å²) in [6.45, 7) is 1.08. The summed E-state index contributed by atoms with van der Waals surface area (Å²) in [7, 11) is -1.41. The minimum atomic E-state index is -3.04. The molecule has 6 heteroatoms. The zero-order valence-electron chi connectivity index (χ0n) is 15.1. The van der Waals surface area contributed by atoms with Crippen molar-refractivity contribution in [3.05, 3.63) is 48.0 Å². The first-order valence-electron chi connectivity index (χ1n) is 8.95. The summed E-state index contributed by atoms with van der Waals surface area (Å²) >= 11 is 0. The first kappa shape index (κ1) is 18.9. The molecular formula is C20H25NO4S. The lowest BCUT2D eigenvalue weighted by Crippen LogP contribution is -2.42. The summed E-state index contributed by atoms with van der Waals surface area (Å²) in [4.78, 5) is 14.8. The van der Waals surface area contributed by atoms with Gasteiger partial charge in [0.15, 0.2) is 9.84 Å². The molecule has 1 saturated heterocycles. The quantitative estimate of drug-likeness (QED) is 0.697. The lowest BCUT2D eigenvalue weighted by Gasteiger charge is -2.28. The fraction of sp³-hybridized carbons (Fsp3) is 0.450. The average molecular weight is 375 g/mol. The van der Waals surface area contributed by atoms with Crippen molar-refractivity contribution < 1.29 is 17.9 Å². The van der Waals surface area contributed by atoms with Crippen molar-refractivity contribution in [2.75, 3.05) is 31.8 Å². The Kier molecular flexibility index (Phi) is 5.94. The zero-order valence-corrected chi connectivity index (χ0v) is 15.9. The minimum Gasteiger partial charge on any atom is -0.385 e. The van der Waals surface area contributed by atoms with Crippen LogP contribution in [0, 0.1) is 0 Å². The molecule has 1 heterocycles. The molecule has 0 N–H and O–H groups in total. The number of benzene rings is 2. The number of sulfone groups is 1. The summed E-state index contributed by atoms with van der Waals surface area (Å²) < 4.78 is 28.8. The Bertz CT molecular complexity index is 873. The highest BCUT2D eigenvalue weighted by atomic mass is 32.2. The fourth-order valence-corrected chi connectivity index (χ4v) is 5.35. The van der Waals surface area contributed by atoms with Crippen LogP contribution in [0.2, 0.25) is 0 Å². The van der Waals surface area contributed by atoms with Crippen molar-refractivity contribution in [1.82, 2.24) is 4.90 Å². The molecule has 1 atom stereocenters. The monoisotopic (exact) mass is 375 g/mol. The SMILES string of the molecule is COCCCN(C(=O)Cc1cccc2ccccc12)C1CCS(=O)(=O)C1. The average Bonchev–Trinajstić information content (AvgIpc) is 2.98. The third kappa shape index (κ3) is 4.43. The summed E-state index contributed by atoms with van der Waals surface area (Å²) in [5.74, 6) is 0.223. The Labute approximate surface area is 154 Å². The largest absolute Gasteiger partial charge is 0.385 e. The molecule has 1 fully saturated rings. The van der Waals surface area contributed by atoms with Gasteiger partial charge in [-0.05, 0) is 29.2 Å². The molecule has 1 aliphatic rings. The van der Waals surface area contributed by atoms with Crippen molar-refractivity contribution in [3.8, 4) is 0 Å². The van der Waals surface area contributed by atoms with Gasteiger partial charge in [0.05, 0.1) is 17.9 Å². The number of hydrogen-bond donors (Lipinski definition) is 0. The third-order valence-electron chi connectivity index (χ3n) is 4.94. The molecule has 26 heavy (non-hydrogen) atoms. The lowest BCUT2D eigenvalue weighted by atomic mass is 10.0. The van der Waals surface area contributed by atoms with Gasteiger partial charge in [0.2, 0.25) is 5.91 Å². The topological polar surface area (TPSA) is 63.7 Å². The second-order valence-electron chi connectivity index (χ2n) is 6.81. The molecule has 0 bridgehead atoms. The Morgan fingerprint density at radius 2 is 1.96 bits per heavy atom. The van der Waals surface area contributed by atoms with Crippen LogP contribution in [-0.2, 0) is 25.8 Å². The van der Waals surface area contributed by atoms with Gasteiger partial charge in [0.25, 0.3) is 0 Å². The highest BCUT2D eigenvalue weighted by Gasteiger charge is 2.34. The summed E-state index contributed by atoms with van der Waals surface area (Å²) in [5, 5.41) is 2.17. The van der Waals surface area contributed by atoms with E-state index >= 15 is 0 Å². The van der Waals surface area contributed by atoms with Gasteiger partial charge < -0.3 is 9.64 Å². The summed E-state index contributed by atoms with van der Waals surface area (Å²) in [5.41, 5.74) is 0.977. The molecule has 1 aliphatic heterocycles. The molecule has 3 rings (SSSR count). The lowest BCUT2D eigenvalue weighted by molar-refractivity contribution is -0.132. The molecule has 0 spiro atoms. The van der Waals surface area contributed by atoms with Crippen molar-refractivity contribution in [1.29, 1.82) is 0 Å². The molecular weight excluding hydrogens is 350 g/mol. The van der Waals surface area contributed by atoms with E-state index in [9.17, 15) is 13.2 Å². The van der Waals surface area contributed by atoms with Gasteiger partial charge in [-0.2, -0.15) is 0 Å². The number of fused-ring (bicyclic) bond motifs is 1. The van der Waals surface area contributed by atoms with Crippen LogP contribution in [0.15, 0.2) is 42.5 Å². The van der Waals surface area contributed by atoms with Gasteiger partial charge in [0, 0.05) is 26.3 Å².